The predicted molar refractivity (Wildman–Crippen MR) is 191 cm³/mol. The molecule has 7 rings (SSSR count). The van der Waals surface area contributed by atoms with Gasteiger partial charge in [-0.05, 0) is 89.5 Å². The number of amides is 3. The number of methoxy groups -OCH3 is 1. The summed E-state index contributed by atoms with van der Waals surface area (Å²) in [5.41, 5.74) is 2.27. The van der Waals surface area contributed by atoms with E-state index in [-0.39, 0.29) is 31.1 Å². The monoisotopic (exact) mass is 715 g/mol. The average Bonchev–Trinajstić information content (AvgIpc) is 4.03. The van der Waals surface area contributed by atoms with Crippen LogP contribution in [0, 0.1) is 31.6 Å². The molecule has 1 aromatic carbocycles. The predicted octanol–water partition coefficient (Wildman–Crippen LogP) is 4.38. The first-order valence-electron chi connectivity index (χ1n) is 17.8. The number of ether oxygens (including phenoxy) is 2. The van der Waals surface area contributed by atoms with Crippen molar-refractivity contribution in [1.82, 2.24) is 24.9 Å². The first-order chi connectivity index (χ1) is 24.4. The topological polar surface area (TPSA) is 157 Å². The molecule has 3 amide bonds. The van der Waals surface area contributed by atoms with Crippen LogP contribution < -0.4 is 19.5 Å². The van der Waals surface area contributed by atoms with Gasteiger partial charge in [0.15, 0.2) is 0 Å². The maximum Gasteiger partial charge on any atom is 0.259 e. The van der Waals surface area contributed by atoms with Crippen molar-refractivity contribution in [2.24, 2.45) is 17.8 Å². The summed E-state index contributed by atoms with van der Waals surface area (Å²) in [4.78, 5) is 53.2. The molecule has 2 aromatic heterocycles. The highest BCUT2D eigenvalue weighted by Gasteiger charge is 2.62. The first kappa shape index (κ1) is 34.9. The molecule has 12 nitrogen and oxygen atoms in total. The lowest BCUT2D eigenvalue weighted by Crippen LogP contribution is -2.54. The highest BCUT2D eigenvalue weighted by molar-refractivity contribution is 7.91. The van der Waals surface area contributed by atoms with Crippen LogP contribution in [0.4, 0.5) is 0 Å². The Morgan fingerprint density at radius 3 is 2.55 bits per heavy atom. The quantitative estimate of drug-likeness (QED) is 0.339. The average molecular weight is 716 g/mol. The molecule has 3 aliphatic carbocycles. The number of aromatic nitrogens is 2. The van der Waals surface area contributed by atoms with E-state index in [1.165, 1.54) is 0 Å². The van der Waals surface area contributed by atoms with Gasteiger partial charge in [-0.2, -0.15) is 0 Å². The van der Waals surface area contributed by atoms with E-state index in [1.807, 2.05) is 62.4 Å². The summed E-state index contributed by atoms with van der Waals surface area (Å²) in [7, 11) is -0.457. The largest absolute Gasteiger partial charge is 0.496 e. The van der Waals surface area contributed by atoms with Gasteiger partial charge in [0.2, 0.25) is 21.8 Å². The number of rotatable bonds is 7. The van der Waals surface area contributed by atoms with Gasteiger partial charge in [-0.25, -0.2) is 13.4 Å². The lowest BCUT2D eigenvalue weighted by molar-refractivity contribution is -0.140. The molecule has 0 radical (unpaired) electrons. The van der Waals surface area contributed by atoms with Crippen molar-refractivity contribution in [3.63, 3.8) is 0 Å². The number of benzene rings is 1. The lowest BCUT2D eigenvalue weighted by Gasteiger charge is -2.26. The lowest BCUT2D eigenvalue weighted by atomic mass is 9.93. The zero-order chi connectivity index (χ0) is 36.1. The van der Waals surface area contributed by atoms with E-state index in [0.29, 0.717) is 47.8 Å². The van der Waals surface area contributed by atoms with Crippen LogP contribution in [0.2, 0.25) is 0 Å². The number of nitrogens with zero attached hydrogens (tertiary/aromatic N) is 3. The number of sulfonamides is 1. The normalized spacial score (nSPS) is 27.5. The number of nitrogens with one attached hydrogen (secondary N) is 2. The van der Waals surface area contributed by atoms with Crippen LogP contribution in [0.15, 0.2) is 48.6 Å². The molecule has 0 bridgehead atoms. The number of pyridine rings is 2. The van der Waals surface area contributed by atoms with E-state index >= 15 is 0 Å². The first-order valence-corrected chi connectivity index (χ1v) is 19.3. The van der Waals surface area contributed by atoms with Crippen LogP contribution >= 0.6 is 0 Å². The number of fused-ring (bicyclic) bond motifs is 3. The number of hydrogen-bond acceptors (Lipinski definition) is 9. The van der Waals surface area contributed by atoms with Crippen molar-refractivity contribution in [3.05, 3.63) is 59.8 Å². The Morgan fingerprint density at radius 2 is 1.80 bits per heavy atom. The van der Waals surface area contributed by atoms with E-state index < -0.39 is 50.6 Å². The molecule has 3 heterocycles. The molecule has 270 valence electrons. The molecule has 2 N–H and O–H groups in total. The van der Waals surface area contributed by atoms with E-state index in [9.17, 15) is 22.8 Å². The maximum atomic E-state index is 14.2. The summed E-state index contributed by atoms with van der Waals surface area (Å²) in [5, 5.41) is 3.13. The summed E-state index contributed by atoms with van der Waals surface area (Å²) in [6, 6.07) is 11.3. The maximum absolute atomic E-state index is 14.2. The molecule has 3 saturated carbocycles. The third-order valence-electron chi connectivity index (χ3n) is 10.8. The smallest absolute Gasteiger partial charge is 0.259 e. The summed E-state index contributed by atoms with van der Waals surface area (Å²) in [6.07, 6.45) is 7.58. The van der Waals surface area contributed by atoms with Crippen LogP contribution in [0.3, 0.4) is 0 Å². The van der Waals surface area contributed by atoms with Gasteiger partial charge >= 0.3 is 0 Å². The molecule has 51 heavy (non-hydrogen) atoms. The number of aryl methyl sites for hydroxylation is 2. The van der Waals surface area contributed by atoms with Crippen LogP contribution in [0.25, 0.3) is 22.3 Å². The van der Waals surface area contributed by atoms with Gasteiger partial charge in [0.25, 0.3) is 5.91 Å². The van der Waals surface area contributed by atoms with Crippen molar-refractivity contribution in [2.45, 2.75) is 82.1 Å². The Hall–Kier alpha value is -4.52. The second-order valence-corrected chi connectivity index (χ2v) is 16.5. The fourth-order valence-electron chi connectivity index (χ4n) is 7.59. The number of allylic oxidation sites excluding steroid dienone is 1. The van der Waals surface area contributed by atoms with Crippen molar-refractivity contribution in [2.75, 3.05) is 20.7 Å². The second-order valence-electron chi connectivity index (χ2n) is 14.5. The van der Waals surface area contributed by atoms with Gasteiger partial charge in [0.1, 0.15) is 23.1 Å². The summed E-state index contributed by atoms with van der Waals surface area (Å²) >= 11 is 0. The number of carbonyl (C=O) groups is 3. The number of carbonyl (C=O) groups excluding carboxylic acids is 3. The minimum absolute atomic E-state index is 0.152. The third kappa shape index (κ3) is 6.92. The second kappa shape index (κ2) is 13.6. The van der Waals surface area contributed by atoms with Gasteiger partial charge in [0, 0.05) is 42.2 Å². The molecular formula is C38H45N5O7S. The molecule has 13 heteroatoms. The summed E-state index contributed by atoms with van der Waals surface area (Å²) in [5.74, 6) is -1.93. The van der Waals surface area contributed by atoms with Gasteiger partial charge in [-0.3, -0.25) is 24.1 Å². The zero-order valence-electron chi connectivity index (χ0n) is 29.5. The fraction of sp³-hybridized carbons (Fsp3) is 0.500. The highest BCUT2D eigenvalue weighted by Crippen LogP contribution is 2.47. The molecule has 1 unspecified atom stereocenters. The Morgan fingerprint density at radius 1 is 1.02 bits per heavy atom. The van der Waals surface area contributed by atoms with E-state index in [0.717, 1.165) is 35.9 Å². The molecular weight excluding hydrogens is 671 g/mol. The van der Waals surface area contributed by atoms with Crippen molar-refractivity contribution in [3.8, 4) is 22.9 Å². The minimum Gasteiger partial charge on any atom is -0.496 e. The molecule has 1 aliphatic heterocycles. The van der Waals surface area contributed by atoms with Crippen molar-refractivity contribution < 1.29 is 32.3 Å². The standard InChI is InChI=1S/C38H45N5O7S/c1-22-10-9-12-30(39-22)31-20-33(27-15-16-32(49-4)23(2)34(27)40-31)50-25-18-28-29(19-25)36(45)43(3)17-8-6-5-7-11-24-21-38(24,41-35(28)44)37(46)42-51(47,48)26-13-14-26/h7,9-12,15-16,20,24-26,28-29H,5-6,8,13-14,17-19,21H2,1-4H3,(H,41,44)(H,42,46)/b11-7-/t24-,25-,28-,29-,38?/m1/s1. The molecule has 0 saturated heterocycles. The van der Waals surface area contributed by atoms with Gasteiger partial charge in [-0.15, -0.1) is 0 Å². The fourth-order valence-corrected chi connectivity index (χ4v) is 8.95. The van der Waals surface area contributed by atoms with Crippen LogP contribution in [-0.4, -0.2) is 78.6 Å². The third-order valence-corrected chi connectivity index (χ3v) is 12.6. The van der Waals surface area contributed by atoms with Crippen molar-refractivity contribution in [1.29, 1.82) is 0 Å². The van der Waals surface area contributed by atoms with E-state index in [4.69, 9.17) is 14.5 Å². The molecule has 0 spiro atoms. The van der Waals surface area contributed by atoms with Crippen molar-refractivity contribution >= 4 is 38.6 Å². The minimum atomic E-state index is -3.83. The van der Waals surface area contributed by atoms with Crippen LogP contribution in [0.1, 0.15) is 62.6 Å². The molecule has 5 atom stereocenters. The SMILES string of the molecule is COc1ccc2c(O[C@@H]3C[C@H]4C(=O)NC5(C(=O)NS(=O)(=O)C6CC6)C[C@H]5/C=C\CCCCN(C)C(=O)[C@@H]4C3)cc(-c3cccc(C)n3)nc2c1C. The summed E-state index contributed by atoms with van der Waals surface area (Å²) < 4.78 is 40.1. The van der Waals surface area contributed by atoms with Gasteiger partial charge in [-0.1, -0.05) is 18.2 Å². The van der Waals surface area contributed by atoms with Gasteiger partial charge in [0.05, 0.1) is 41.1 Å². The van der Waals surface area contributed by atoms with Gasteiger partial charge < -0.3 is 19.7 Å². The molecule has 3 aromatic rings. The Balaban J connectivity index is 1.21. The van der Waals surface area contributed by atoms with Crippen LogP contribution in [-0.2, 0) is 24.4 Å². The Bertz CT molecular complexity index is 2030. The molecule has 3 fully saturated rings. The Kier molecular flexibility index (Phi) is 9.28. The Labute approximate surface area is 298 Å². The summed E-state index contributed by atoms with van der Waals surface area (Å²) in [6.45, 7) is 4.41. The molecule has 4 aliphatic rings. The van der Waals surface area contributed by atoms with E-state index in [1.54, 1.807) is 19.1 Å². The van der Waals surface area contributed by atoms with Crippen LogP contribution in [0.5, 0.6) is 11.5 Å². The number of hydrogen-bond donors (Lipinski definition) is 2. The van der Waals surface area contributed by atoms with E-state index in [2.05, 4.69) is 15.0 Å². The highest BCUT2D eigenvalue weighted by atomic mass is 32.2. The zero-order valence-corrected chi connectivity index (χ0v) is 30.3.